The van der Waals surface area contributed by atoms with Gasteiger partial charge in [-0.2, -0.15) is 0 Å². The maximum atomic E-state index is 11.7. The van der Waals surface area contributed by atoms with Crippen LogP contribution in [-0.4, -0.2) is 24.2 Å². The Hall–Kier alpha value is -3.34. The summed E-state index contributed by atoms with van der Waals surface area (Å²) in [6.07, 6.45) is 0.908. The van der Waals surface area contributed by atoms with Crippen molar-refractivity contribution >= 4 is 29.1 Å². The van der Waals surface area contributed by atoms with Crippen LogP contribution in [0.4, 0.5) is 0 Å². The smallest absolute Gasteiger partial charge is 0.335 e. The molecule has 1 atom stereocenters. The third-order valence-corrected chi connectivity index (χ3v) is 6.24. The van der Waals surface area contributed by atoms with Crippen molar-refractivity contribution in [1.82, 2.24) is 5.32 Å². The van der Waals surface area contributed by atoms with Crippen LogP contribution in [0.25, 0.3) is 21.9 Å². The number of carboxylic acids is 1. The van der Waals surface area contributed by atoms with E-state index in [2.05, 4.69) is 48.6 Å². The van der Waals surface area contributed by atoms with Crippen molar-refractivity contribution < 1.29 is 14.6 Å². The van der Waals surface area contributed by atoms with Gasteiger partial charge >= 0.3 is 5.97 Å². The summed E-state index contributed by atoms with van der Waals surface area (Å²) in [6, 6.07) is 26.7. The number of hydrogen-bond donors (Lipinski definition) is 2. The van der Waals surface area contributed by atoms with Crippen molar-refractivity contribution in [3.05, 3.63) is 101 Å². The van der Waals surface area contributed by atoms with Gasteiger partial charge in [0, 0.05) is 6.04 Å². The van der Waals surface area contributed by atoms with Gasteiger partial charge in [0.05, 0.1) is 12.2 Å². The minimum Gasteiger partial charge on any atom is -0.494 e. The Balaban J connectivity index is 0.00000342. The summed E-state index contributed by atoms with van der Waals surface area (Å²) < 4.78 is 5.61. The minimum absolute atomic E-state index is 0. The van der Waals surface area contributed by atoms with Crippen LogP contribution in [-0.2, 0) is 6.42 Å². The molecular formula is C30H32ClNO3. The molecule has 0 aliphatic carbocycles. The van der Waals surface area contributed by atoms with E-state index in [0.717, 1.165) is 46.2 Å². The van der Waals surface area contributed by atoms with Crippen LogP contribution < -0.4 is 10.1 Å². The normalized spacial score (nSPS) is 11.6. The van der Waals surface area contributed by atoms with Gasteiger partial charge in [-0.1, -0.05) is 48.5 Å². The standard InChI is InChI=1S/C30H31NO3.ClH/c1-4-34-26-10-7-8-22(16-26)14-15-31-21(3)25-17-23-9-5-6-11-27(23)29(19-25)24-13-12-20(2)28(18-24)30(32)33;/h5-13,16-19,21,31H,4,14-15H2,1-3H3,(H,32,33);1H/t21-;/m1./s1. The number of carbonyl (C=O) groups is 1. The average Bonchev–Trinajstić information content (AvgIpc) is 2.84. The molecule has 4 nitrogen and oxygen atoms in total. The number of fused-ring (bicyclic) bond motifs is 1. The molecule has 0 heterocycles. The second-order valence-corrected chi connectivity index (χ2v) is 8.63. The number of halogens is 1. The van der Waals surface area contributed by atoms with E-state index >= 15 is 0 Å². The molecule has 182 valence electrons. The summed E-state index contributed by atoms with van der Waals surface area (Å²) in [4.78, 5) is 11.7. The molecule has 0 saturated heterocycles. The summed E-state index contributed by atoms with van der Waals surface area (Å²) in [5, 5.41) is 15.5. The molecule has 0 aromatic heterocycles. The molecule has 4 rings (SSSR count). The molecule has 0 aliphatic rings. The zero-order chi connectivity index (χ0) is 24.1. The molecular weight excluding hydrogens is 458 g/mol. The number of ether oxygens (including phenoxy) is 1. The Morgan fingerprint density at radius 1 is 1.00 bits per heavy atom. The molecule has 0 aliphatic heterocycles. The predicted octanol–water partition coefficient (Wildman–Crippen LogP) is 7.23. The van der Waals surface area contributed by atoms with Crippen molar-refractivity contribution in [3.63, 3.8) is 0 Å². The maximum Gasteiger partial charge on any atom is 0.335 e. The summed E-state index contributed by atoms with van der Waals surface area (Å²) in [5.74, 6) is 0.00861. The number of aryl methyl sites for hydroxylation is 1. The predicted molar refractivity (Wildman–Crippen MR) is 146 cm³/mol. The largest absolute Gasteiger partial charge is 0.494 e. The van der Waals surface area contributed by atoms with Crippen LogP contribution >= 0.6 is 12.4 Å². The molecule has 0 amide bonds. The first-order valence-electron chi connectivity index (χ1n) is 11.8. The van der Waals surface area contributed by atoms with E-state index in [1.54, 1.807) is 6.07 Å². The van der Waals surface area contributed by atoms with Gasteiger partial charge in [0.15, 0.2) is 0 Å². The number of carboxylic acid groups (broad SMARTS) is 1. The number of aromatic carboxylic acids is 1. The molecule has 0 spiro atoms. The van der Waals surface area contributed by atoms with E-state index in [-0.39, 0.29) is 18.4 Å². The van der Waals surface area contributed by atoms with E-state index < -0.39 is 5.97 Å². The lowest BCUT2D eigenvalue weighted by Crippen LogP contribution is -2.21. The Bertz CT molecular complexity index is 1320. The van der Waals surface area contributed by atoms with Gasteiger partial charge in [0.2, 0.25) is 0 Å². The molecule has 35 heavy (non-hydrogen) atoms. The molecule has 4 aromatic carbocycles. The second kappa shape index (κ2) is 11.9. The van der Waals surface area contributed by atoms with Gasteiger partial charge in [-0.25, -0.2) is 4.79 Å². The first-order valence-corrected chi connectivity index (χ1v) is 11.8. The van der Waals surface area contributed by atoms with Gasteiger partial charge < -0.3 is 15.2 Å². The zero-order valence-corrected chi connectivity index (χ0v) is 21.2. The van der Waals surface area contributed by atoms with Gasteiger partial charge in [0.1, 0.15) is 5.75 Å². The van der Waals surface area contributed by atoms with E-state index in [9.17, 15) is 9.90 Å². The third-order valence-electron chi connectivity index (χ3n) is 6.24. The fraction of sp³-hybridized carbons (Fsp3) is 0.233. The molecule has 5 heteroatoms. The van der Waals surface area contributed by atoms with E-state index in [4.69, 9.17) is 4.74 Å². The molecule has 0 unspecified atom stereocenters. The van der Waals surface area contributed by atoms with Crippen LogP contribution in [0, 0.1) is 6.92 Å². The SMILES string of the molecule is CCOc1cccc(CCN[C@H](C)c2cc(-c3ccc(C)c(C(=O)O)c3)c3ccccc3c2)c1.Cl. The summed E-state index contributed by atoms with van der Waals surface area (Å²) >= 11 is 0. The molecule has 0 saturated carbocycles. The summed E-state index contributed by atoms with van der Waals surface area (Å²) in [5.41, 5.74) is 5.49. The van der Waals surface area contributed by atoms with Crippen LogP contribution in [0.1, 0.15) is 46.9 Å². The van der Waals surface area contributed by atoms with Crippen LogP contribution in [0.15, 0.2) is 78.9 Å². The third kappa shape index (κ3) is 6.21. The first-order chi connectivity index (χ1) is 16.5. The molecule has 0 radical (unpaired) electrons. The summed E-state index contributed by atoms with van der Waals surface area (Å²) in [6.45, 7) is 7.50. The number of nitrogens with one attached hydrogen (secondary N) is 1. The lowest BCUT2D eigenvalue weighted by Gasteiger charge is -2.18. The van der Waals surface area contributed by atoms with Crippen molar-refractivity contribution in [3.8, 4) is 16.9 Å². The summed E-state index contributed by atoms with van der Waals surface area (Å²) in [7, 11) is 0. The molecule has 0 fully saturated rings. The highest BCUT2D eigenvalue weighted by Crippen LogP contribution is 2.33. The first kappa shape index (κ1) is 26.3. The van der Waals surface area contributed by atoms with Crippen molar-refractivity contribution in [2.24, 2.45) is 0 Å². The monoisotopic (exact) mass is 489 g/mol. The average molecular weight is 490 g/mol. The lowest BCUT2D eigenvalue weighted by molar-refractivity contribution is 0.0696. The van der Waals surface area contributed by atoms with Gasteiger partial charge in [-0.3, -0.25) is 0 Å². The van der Waals surface area contributed by atoms with Crippen molar-refractivity contribution in [2.45, 2.75) is 33.2 Å². The highest BCUT2D eigenvalue weighted by molar-refractivity contribution is 5.99. The number of benzene rings is 4. The Morgan fingerprint density at radius 2 is 1.80 bits per heavy atom. The van der Waals surface area contributed by atoms with Gasteiger partial charge in [-0.05, 0) is 103 Å². The minimum atomic E-state index is -0.900. The molecule has 0 bridgehead atoms. The van der Waals surface area contributed by atoms with Gasteiger partial charge in [-0.15, -0.1) is 12.4 Å². The Kier molecular flexibility index (Phi) is 8.91. The Morgan fingerprint density at radius 3 is 2.57 bits per heavy atom. The van der Waals surface area contributed by atoms with E-state index in [0.29, 0.717) is 12.2 Å². The second-order valence-electron chi connectivity index (χ2n) is 8.63. The van der Waals surface area contributed by atoms with Crippen LogP contribution in [0.5, 0.6) is 5.75 Å². The van der Waals surface area contributed by atoms with Crippen LogP contribution in [0.3, 0.4) is 0 Å². The maximum absolute atomic E-state index is 11.7. The van der Waals surface area contributed by atoms with Gasteiger partial charge in [0.25, 0.3) is 0 Å². The number of hydrogen-bond acceptors (Lipinski definition) is 3. The molecule has 2 N–H and O–H groups in total. The molecule has 4 aromatic rings. The van der Waals surface area contributed by atoms with Crippen molar-refractivity contribution in [2.75, 3.05) is 13.2 Å². The van der Waals surface area contributed by atoms with E-state index in [1.165, 1.54) is 11.1 Å². The zero-order valence-electron chi connectivity index (χ0n) is 20.4. The number of rotatable bonds is 9. The topological polar surface area (TPSA) is 58.6 Å². The fourth-order valence-electron chi connectivity index (χ4n) is 4.35. The van der Waals surface area contributed by atoms with Crippen LogP contribution in [0.2, 0.25) is 0 Å². The lowest BCUT2D eigenvalue weighted by atomic mass is 9.92. The van der Waals surface area contributed by atoms with Crippen molar-refractivity contribution in [1.29, 1.82) is 0 Å². The Labute approximate surface area is 213 Å². The van der Waals surface area contributed by atoms with E-state index in [1.807, 2.05) is 50.2 Å². The fourth-order valence-corrected chi connectivity index (χ4v) is 4.35. The highest BCUT2D eigenvalue weighted by atomic mass is 35.5. The quantitative estimate of drug-likeness (QED) is 0.260. The highest BCUT2D eigenvalue weighted by Gasteiger charge is 2.14.